The van der Waals surface area contributed by atoms with E-state index in [0.717, 1.165) is 16.7 Å². The van der Waals surface area contributed by atoms with E-state index in [1.807, 2.05) is 69.6 Å². The van der Waals surface area contributed by atoms with Gasteiger partial charge < -0.3 is 14.6 Å². The van der Waals surface area contributed by atoms with Crippen LogP contribution in [0.4, 0.5) is 5.88 Å². The van der Waals surface area contributed by atoms with Gasteiger partial charge in [0.05, 0.1) is 6.04 Å². The van der Waals surface area contributed by atoms with Crippen molar-refractivity contribution in [2.45, 2.75) is 13.0 Å². The second-order valence-corrected chi connectivity index (χ2v) is 6.97. The van der Waals surface area contributed by atoms with E-state index in [4.69, 9.17) is 16.0 Å². The zero-order valence-electron chi connectivity index (χ0n) is 15.5. The number of nitrogens with zero attached hydrogens (tertiary/aromatic N) is 3. The minimum absolute atomic E-state index is 0.0841. The summed E-state index contributed by atoms with van der Waals surface area (Å²) in [5, 5.41) is 13.4. The van der Waals surface area contributed by atoms with Gasteiger partial charge in [0, 0.05) is 17.1 Å². The second-order valence-electron chi connectivity index (χ2n) is 6.54. The number of aryl methyl sites for hydroxylation is 1. The summed E-state index contributed by atoms with van der Waals surface area (Å²) in [6, 6.07) is 17.7. The van der Waals surface area contributed by atoms with Crippen LogP contribution in [-0.4, -0.2) is 30.5 Å². The van der Waals surface area contributed by atoms with Crippen molar-refractivity contribution in [3.63, 3.8) is 0 Å². The molecule has 0 saturated carbocycles. The Morgan fingerprint density at radius 2 is 1.89 bits per heavy atom. The first-order valence-electron chi connectivity index (χ1n) is 8.62. The van der Waals surface area contributed by atoms with E-state index in [9.17, 15) is 5.26 Å². The Kier molecular flexibility index (Phi) is 5.80. The number of oxazole rings is 1. The Morgan fingerprint density at radius 3 is 2.52 bits per heavy atom. The van der Waals surface area contributed by atoms with Gasteiger partial charge in [-0.2, -0.15) is 10.2 Å². The number of benzene rings is 2. The summed E-state index contributed by atoms with van der Waals surface area (Å²) in [4.78, 5) is 6.44. The van der Waals surface area contributed by atoms with Gasteiger partial charge in [0.2, 0.25) is 17.5 Å². The van der Waals surface area contributed by atoms with Gasteiger partial charge in [-0.05, 0) is 50.3 Å². The normalized spacial score (nSPS) is 12.0. The molecular formula is C21H21ClN4O. The van der Waals surface area contributed by atoms with E-state index in [1.165, 1.54) is 0 Å². The fourth-order valence-corrected chi connectivity index (χ4v) is 3.04. The van der Waals surface area contributed by atoms with Crippen molar-refractivity contribution in [3.8, 4) is 17.5 Å². The van der Waals surface area contributed by atoms with Crippen LogP contribution in [0.25, 0.3) is 11.5 Å². The van der Waals surface area contributed by atoms with E-state index >= 15 is 0 Å². The highest BCUT2D eigenvalue weighted by Crippen LogP contribution is 2.28. The molecule has 1 N–H and O–H groups in total. The smallest absolute Gasteiger partial charge is 0.232 e. The molecule has 0 spiro atoms. The summed E-state index contributed by atoms with van der Waals surface area (Å²) in [6.07, 6.45) is 0. The summed E-state index contributed by atoms with van der Waals surface area (Å²) >= 11 is 5.99. The molecule has 1 aromatic heterocycles. The summed E-state index contributed by atoms with van der Waals surface area (Å²) in [5.74, 6) is 0.830. The lowest BCUT2D eigenvalue weighted by atomic mass is 10.1. The molecule has 0 bridgehead atoms. The van der Waals surface area contributed by atoms with Gasteiger partial charge in [0.15, 0.2) is 0 Å². The van der Waals surface area contributed by atoms with Gasteiger partial charge in [-0.3, -0.25) is 0 Å². The third kappa shape index (κ3) is 4.30. The first kappa shape index (κ1) is 19.0. The lowest BCUT2D eigenvalue weighted by molar-refractivity contribution is 0.310. The first-order chi connectivity index (χ1) is 13.0. The average molecular weight is 381 g/mol. The Balaban J connectivity index is 1.83. The Bertz CT molecular complexity index is 957. The van der Waals surface area contributed by atoms with E-state index < -0.39 is 0 Å². The highest BCUT2D eigenvalue weighted by molar-refractivity contribution is 6.30. The molecule has 0 saturated heterocycles. The highest BCUT2D eigenvalue weighted by atomic mass is 35.5. The van der Waals surface area contributed by atoms with Crippen LogP contribution in [0, 0.1) is 18.3 Å². The van der Waals surface area contributed by atoms with Gasteiger partial charge in [0.1, 0.15) is 6.07 Å². The van der Waals surface area contributed by atoms with E-state index in [2.05, 4.69) is 21.3 Å². The fourth-order valence-electron chi connectivity index (χ4n) is 2.92. The van der Waals surface area contributed by atoms with E-state index in [1.54, 1.807) is 0 Å². The summed E-state index contributed by atoms with van der Waals surface area (Å²) in [7, 11) is 4.01. The molecule has 27 heavy (non-hydrogen) atoms. The predicted molar refractivity (Wildman–Crippen MR) is 108 cm³/mol. The van der Waals surface area contributed by atoms with Crippen LogP contribution in [0.3, 0.4) is 0 Å². The van der Waals surface area contributed by atoms with Gasteiger partial charge in [-0.15, -0.1) is 0 Å². The molecule has 0 aliphatic rings. The lowest BCUT2D eigenvalue weighted by Gasteiger charge is -2.25. The van der Waals surface area contributed by atoms with Gasteiger partial charge in [0.25, 0.3) is 0 Å². The number of nitriles is 1. The standard InChI is InChI=1S/C21H21ClN4O/c1-14-6-4-5-7-17(14)20-25-18(12-23)21(27-20)24-13-19(26(2)3)15-8-10-16(22)11-9-15/h4-11,19,24H,13H2,1-3H3. The Morgan fingerprint density at radius 1 is 1.19 bits per heavy atom. The van der Waals surface area contributed by atoms with Crippen molar-refractivity contribution >= 4 is 17.5 Å². The molecule has 2 aromatic carbocycles. The second kappa shape index (κ2) is 8.26. The fraction of sp³-hybridized carbons (Fsp3) is 0.238. The molecule has 1 atom stereocenters. The van der Waals surface area contributed by atoms with Crippen molar-refractivity contribution in [1.82, 2.24) is 9.88 Å². The third-order valence-electron chi connectivity index (χ3n) is 4.44. The maximum atomic E-state index is 9.43. The average Bonchev–Trinajstić information content (AvgIpc) is 3.06. The van der Waals surface area contributed by atoms with Gasteiger partial charge in [-0.1, -0.05) is 41.9 Å². The number of nitrogens with one attached hydrogen (secondary N) is 1. The van der Waals surface area contributed by atoms with Crippen molar-refractivity contribution in [3.05, 3.63) is 70.4 Å². The molecule has 0 fully saturated rings. The molecule has 5 nitrogen and oxygen atoms in total. The number of likely N-dealkylation sites (N-methyl/N-ethyl adjacent to an activating group) is 1. The summed E-state index contributed by atoms with van der Waals surface area (Å²) in [5.41, 5.74) is 3.29. The number of halogens is 1. The number of rotatable bonds is 6. The molecule has 138 valence electrons. The van der Waals surface area contributed by atoms with Crippen LogP contribution in [0.15, 0.2) is 52.9 Å². The molecule has 0 amide bonds. The van der Waals surface area contributed by atoms with Gasteiger partial charge in [-0.25, -0.2) is 0 Å². The topological polar surface area (TPSA) is 65.1 Å². The minimum Gasteiger partial charge on any atom is -0.419 e. The van der Waals surface area contributed by atoms with Crippen LogP contribution in [0.2, 0.25) is 5.02 Å². The van der Waals surface area contributed by atoms with Gasteiger partial charge >= 0.3 is 0 Å². The summed E-state index contributed by atoms with van der Waals surface area (Å²) < 4.78 is 5.87. The van der Waals surface area contributed by atoms with Crippen LogP contribution in [0.5, 0.6) is 0 Å². The molecular weight excluding hydrogens is 360 g/mol. The number of hydrogen-bond acceptors (Lipinski definition) is 5. The maximum Gasteiger partial charge on any atom is 0.232 e. The molecule has 3 rings (SSSR count). The first-order valence-corrected chi connectivity index (χ1v) is 9.00. The Labute approximate surface area is 164 Å². The quantitative estimate of drug-likeness (QED) is 0.659. The zero-order valence-corrected chi connectivity index (χ0v) is 16.3. The maximum absolute atomic E-state index is 9.43. The highest BCUT2D eigenvalue weighted by Gasteiger charge is 2.19. The van der Waals surface area contributed by atoms with Crippen LogP contribution < -0.4 is 5.32 Å². The van der Waals surface area contributed by atoms with Crippen LogP contribution in [0.1, 0.15) is 22.9 Å². The summed E-state index contributed by atoms with van der Waals surface area (Å²) in [6.45, 7) is 2.55. The van der Waals surface area contributed by atoms with Crippen molar-refractivity contribution < 1.29 is 4.42 Å². The molecule has 1 heterocycles. The minimum atomic E-state index is 0.0841. The van der Waals surface area contributed by atoms with Crippen LogP contribution >= 0.6 is 11.6 Å². The zero-order chi connectivity index (χ0) is 19.4. The molecule has 1 unspecified atom stereocenters. The molecule has 0 aliphatic heterocycles. The van der Waals surface area contributed by atoms with Crippen LogP contribution in [-0.2, 0) is 0 Å². The van der Waals surface area contributed by atoms with Crippen molar-refractivity contribution in [2.24, 2.45) is 0 Å². The van der Waals surface area contributed by atoms with E-state index in [0.29, 0.717) is 23.3 Å². The monoisotopic (exact) mass is 380 g/mol. The predicted octanol–water partition coefficient (Wildman–Crippen LogP) is 4.89. The third-order valence-corrected chi connectivity index (χ3v) is 4.69. The largest absolute Gasteiger partial charge is 0.419 e. The number of aromatic nitrogens is 1. The Hall–Kier alpha value is -2.81. The molecule has 0 radical (unpaired) electrons. The number of hydrogen-bond donors (Lipinski definition) is 1. The van der Waals surface area contributed by atoms with E-state index in [-0.39, 0.29) is 11.7 Å². The SMILES string of the molecule is Cc1ccccc1-c1nc(C#N)c(NCC(c2ccc(Cl)cc2)N(C)C)o1. The molecule has 0 aliphatic carbocycles. The lowest BCUT2D eigenvalue weighted by Crippen LogP contribution is -2.26. The van der Waals surface area contributed by atoms with Crippen molar-refractivity contribution in [2.75, 3.05) is 26.0 Å². The number of anilines is 1. The molecule has 6 heteroatoms. The molecule has 3 aromatic rings. The van der Waals surface area contributed by atoms with Crippen molar-refractivity contribution in [1.29, 1.82) is 5.26 Å².